The molecule has 2 rings (SSSR count). The minimum Gasteiger partial charge on any atom is -0.495 e. The number of ether oxygens (including phenoxy) is 1. The van der Waals surface area contributed by atoms with E-state index in [0.29, 0.717) is 11.6 Å². The molecule has 0 radical (unpaired) electrons. The molecule has 0 aromatic heterocycles. The van der Waals surface area contributed by atoms with Gasteiger partial charge in [0.25, 0.3) is 0 Å². The average Bonchev–Trinajstić information content (AvgIpc) is 3.13. The predicted octanol–water partition coefficient (Wildman–Crippen LogP) is 2.78. The van der Waals surface area contributed by atoms with Crippen molar-refractivity contribution in [1.82, 2.24) is 0 Å². The number of hydrogen-bond acceptors (Lipinski definition) is 3. The van der Waals surface area contributed by atoms with Crippen molar-refractivity contribution in [2.75, 3.05) is 12.4 Å². The van der Waals surface area contributed by atoms with E-state index in [9.17, 15) is 0 Å². The van der Waals surface area contributed by atoms with Gasteiger partial charge in [0.05, 0.1) is 24.4 Å². The van der Waals surface area contributed by atoms with Crippen molar-refractivity contribution in [3.05, 3.63) is 23.8 Å². The summed E-state index contributed by atoms with van der Waals surface area (Å²) in [6, 6.07) is 8.07. The van der Waals surface area contributed by atoms with E-state index in [4.69, 9.17) is 10.00 Å². The number of rotatable bonds is 4. The Kier molecular flexibility index (Phi) is 3.00. The molecule has 0 heterocycles. The van der Waals surface area contributed by atoms with E-state index in [-0.39, 0.29) is 0 Å². The van der Waals surface area contributed by atoms with E-state index in [1.54, 1.807) is 13.2 Å². The summed E-state index contributed by atoms with van der Waals surface area (Å²) >= 11 is 0. The molecule has 0 spiro atoms. The van der Waals surface area contributed by atoms with Crippen molar-refractivity contribution in [2.24, 2.45) is 5.92 Å². The lowest BCUT2D eigenvalue weighted by molar-refractivity contribution is 0.415. The van der Waals surface area contributed by atoms with Crippen molar-refractivity contribution in [3.8, 4) is 11.8 Å². The van der Waals surface area contributed by atoms with Gasteiger partial charge in [0.1, 0.15) is 5.75 Å². The number of benzene rings is 1. The van der Waals surface area contributed by atoms with Crippen LogP contribution in [0.5, 0.6) is 5.75 Å². The molecule has 16 heavy (non-hydrogen) atoms. The number of nitrogens with zero attached hydrogens (tertiary/aromatic N) is 1. The summed E-state index contributed by atoms with van der Waals surface area (Å²) in [5.41, 5.74) is 1.60. The van der Waals surface area contributed by atoms with Gasteiger partial charge in [-0.1, -0.05) is 0 Å². The molecule has 84 valence electrons. The summed E-state index contributed by atoms with van der Waals surface area (Å²) in [6.07, 6.45) is 2.62. The fraction of sp³-hybridized carbons (Fsp3) is 0.462. The maximum atomic E-state index is 8.80. The van der Waals surface area contributed by atoms with Crippen molar-refractivity contribution < 1.29 is 4.74 Å². The van der Waals surface area contributed by atoms with Crippen LogP contribution in [-0.2, 0) is 0 Å². The van der Waals surface area contributed by atoms with Gasteiger partial charge in [-0.3, -0.25) is 0 Å². The molecule has 3 heteroatoms. The van der Waals surface area contributed by atoms with Gasteiger partial charge in [0.2, 0.25) is 0 Å². The number of hydrogen-bond donors (Lipinski definition) is 1. The van der Waals surface area contributed by atoms with Crippen LogP contribution in [-0.4, -0.2) is 13.2 Å². The highest BCUT2D eigenvalue weighted by molar-refractivity contribution is 5.60. The molecule has 0 saturated heterocycles. The molecule has 0 bridgehead atoms. The van der Waals surface area contributed by atoms with Crippen LogP contribution in [0.25, 0.3) is 0 Å². The van der Waals surface area contributed by atoms with Crippen LogP contribution >= 0.6 is 0 Å². The fourth-order valence-electron chi connectivity index (χ4n) is 1.84. The van der Waals surface area contributed by atoms with E-state index in [1.807, 2.05) is 12.1 Å². The molecule has 1 fully saturated rings. The topological polar surface area (TPSA) is 45.0 Å². The van der Waals surface area contributed by atoms with Crippen LogP contribution in [0, 0.1) is 17.2 Å². The minimum atomic E-state index is 0.474. The lowest BCUT2D eigenvalue weighted by Crippen LogP contribution is -2.17. The molecule has 1 aliphatic rings. The minimum absolute atomic E-state index is 0.474. The third-order valence-electron chi connectivity index (χ3n) is 3.04. The van der Waals surface area contributed by atoms with Gasteiger partial charge < -0.3 is 10.1 Å². The van der Waals surface area contributed by atoms with Gasteiger partial charge >= 0.3 is 0 Å². The van der Waals surface area contributed by atoms with Gasteiger partial charge in [-0.25, -0.2) is 0 Å². The zero-order chi connectivity index (χ0) is 11.5. The zero-order valence-electron chi connectivity index (χ0n) is 9.66. The van der Waals surface area contributed by atoms with Crippen LogP contribution in [0.4, 0.5) is 5.69 Å². The number of nitrogens with one attached hydrogen (secondary N) is 1. The zero-order valence-corrected chi connectivity index (χ0v) is 9.66. The summed E-state index contributed by atoms with van der Waals surface area (Å²) in [5.74, 6) is 1.53. The Morgan fingerprint density at radius 3 is 2.81 bits per heavy atom. The fourth-order valence-corrected chi connectivity index (χ4v) is 1.84. The van der Waals surface area contributed by atoms with E-state index < -0.39 is 0 Å². The first-order valence-electron chi connectivity index (χ1n) is 5.59. The molecule has 1 aromatic rings. The van der Waals surface area contributed by atoms with Crippen LogP contribution in [0.2, 0.25) is 0 Å². The number of methoxy groups -OCH3 is 1. The molecule has 1 atom stereocenters. The Labute approximate surface area is 96.0 Å². The monoisotopic (exact) mass is 216 g/mol. The molecule has 0 aliphatic heterocycles. The molecule has 1 aromatic carbocycles. The van der Waals surface area contributed by atoms with Crippen molar-refractivity contribution in [1.29, 1.82) is 5.26 Å². The normalized spacial score (nSPS) is 16.3. The lowest BCUT2D eigenvalue weighted by Gasteiger charge is -2.17. The number of anilines is 1. The van der Waals surface area contributed by atoms with Crippen molar-refractivity contribution in [2.45, 2.75) is 25.8 Å². The summed E-state index contributed by atoms with van der Waals surface area (Å²) < 4.78 is 5.28. The van der Waals surface area contributed by atoms with Crippen LogP contribution in [0.15, 0.2) is 18.2 Å². The highest BCUT2D eigenvalue weighted by Gasteiger charge is 2.28. The van der Waals surface area contributed by atoms with Crippen molar-refractivity contribution >= 4 is 5.69 Å². The van der Waals surface area contributed by atoms with Gasteiger partial charge in [-0.2, -0.15) is 5.26 Å². The first-order chi connectivity index (χ1) is 7.74. The Balaban J connectivity index is 2.16. The van der Waals surface area contributed by atoms with E-state index >= 15 is 0 Å². The van der Waals surface area contributed by atoms with Crippen LogP contribution in [0.3, 0.4) is 0 Å². The highest BCUT2D eigenvalue weighted by atomic mass is 16.5. The summed E-state index contributed by atoms with van der Waals surface area (Å²) in [5, 5.41) is 12.2. The Morgan fingerprint density at radius 1 is 1.50 bits per heavy atom. The molecule has 1 aliphatic carbocycles. The third kappa shape index (κ3) is 2.27. The average molecular weight is 216 g/mol. The van der Waals surface area contributed by atoms with E-state index in [1.165, 1.54) is 12.8 Å². The van der Waals surface area contributed by atoms with E-state index in [0.717, 1.165) is 17.4 Å². The molecular formula is C13H16N2O. The largest absolute Gasteiger partial charge is 0.495 e. The van der Waals surface area contributed by atoms with Crippen molar-refractivity contribution in [3.63, 3.8) is 0 Å². The quantitative estimate of drug-likeness (QED) is 0.841. The Hall–Kier alpha value is -1.69. The second-order valence-corrected chi connectivity index (χ2v) is 4.30. The first kappa shape index (κ1) is 10.8. The third-order valence-corrected chi connectivity index (χ3v) is 3.04. The summed E-state index contributed by atoms with van der Waals surface area (Å²) in [7, 11) is 1.63. The predicted molar refractivity (Wildman–Crippen MR) is 63.5 cm³/mol. The molecule has 1 N–H and O–H groups in total. The number of nitriles is 1. The highest BCUT2D eigenvalue weighted by Crippen LogP contribution is 2.35. The molecular weight excluding hydrogens is 200 g/mol. The summed E-state index contributed by atoms with van der Waals surface area (Å²) in [6.45, 7) is 2.19. The van der Waals surface area contributed by atoms with Crippen LogP contribution < -0.4 is 10.1 Å². The Morgan fingerprint density at radius 2 is 2.25 bits per heavy atom. The molecule has 1 unspecified atom stereocenters. The maximum absolute atomic E-state index is 8.80. The van der Waals surface area contributed by atoms with E-state index in [2.05, 4.69) is 18.3 Å². The SMILES string of the molecule is COc1cc(C#N)ccc1NC(C)C1CC1. The first-order valence-corrected chi connectivity index (χ1v) is 5.59. The molecule has 0 amide bonds. The van der Waals surface area contributed by atoms with Gasteiger partial charge in [-0.05, 0) is 37.8 Å². The van der Waals surface area contributed by atoms with Gasteiger partial charge in [0, 0.05) is 12.1 Å². The Bertz CT molecular complexity index is 418. The second kappa shape index (κ2) is 4.44. The maximum Gasteiger partial charge on any atom is 0.143 e. The molecule has 3 nitrogen and oxygen atoms in total. The lowest BCUT2D eigenvalue weighted by atomic mass is 10.1. The molecule has 1 saturated carbocycles. The smallest absolute Gasteiger partial charge is 0.143 e. The summed E-state index contributed by atoms with van der Waals surface area (Å²) in [4.78, 5) is 0. The standard InChI is InChI=1S/C13H16N2O/c1-9(11-4-5-11)15-12-6-3-10(8-14)7-13(12)16-2/h3,6-7,9,11,15H,4-5H2,1-2H3. The second-order valence-electron chi connectivity index (χ2n) is 4.30. The van der Waals surface area contributed by atoms with Gasteiger partial charge in [-0.15, -0.1) is 0 Å². The van der Waals surface area contributed by atoms with Crippen LogP contribution in [0.1, 0.15) is 25.3 Å². The van der Waals surface area contributed by atoms with Gasteiger partial charge in [0.15, 0.2) is 0 Å².